The Balaban J connectivity index is 1.42. The highest BCUT2D eigenvalue weighted by molar-refractivity contribution is 5.86. The van der Waals surface area contributed by atoms with E-state index in [1.165, 1.54) is 0 Å². The summed E-state index contributed by atoms with van der Waals surface area (Å²) in [5, 5.41) is 11.8. The summed E-state index contributed by atoms with van der Waals surface area (Å²) in [6, 6.07) is 15.2. The molecule has 7 nitrogen and oxygen atoms in total. The van der Waals surface area contributed by atoms with Gasteiger partial charge in [0.2, 0.25) is 5.91 Å². The molecule has 1 fully saturated rings. The number of carboxylic acids is 1. The van der Waals surface area contributed by atoms with Crippen LogP contribution in [0.25, 0.3) is 11.1 Å². The molecule has 0 aromatic heterocycles. The van der Waals surface area contributed by atoms with E-state index in [1.54, 1.807) is 4.90 Å². The lowest BCUT2D eigenvalue weighted by Gasteiger charge is -2.28. The molecule has 1 unspecified atom stereocenters. The van der Waals surface area contributed by atoms with E-state index < -0.39 is 18.1 Å². The smallest absolute Gasteiger partial charge is 0.407 e. The Kier molecular flexibility index (Phi) is 7.43. The molecule has 4 rings (SSSR count). The Bertz CT molecular complexity index is 1050. The predicted octanol–water partition coefficient (Wildman–Crippen LogP) is 4.80. The number of rotatable bonds is 9. The minimum atomic E-state index is -1.00. The van der Waals surface area contributed by atoms with Crippen molar-refractivity contribution >= 4 is 18.0 Å². The van der Waals surface area contributed by atoms with E-state index >= 15 is 0 Å². The highest BCUT2D eigenvalue weighted by Gasteiger charge is 2.39. The number of likely N-dealkylation sites (tertiary alicyclic amines) is 1. The van der Waals surface area contributed by atoms with Gasteiger partial charge in [-0.05, 0) is 53.4 Å². The number of carbonyl (C=O) groups is 3. The predicted molar refractivity (Wildman–Crippen MR) is 133 cm³/mol. The molecular weight excluding hydrogens is 444 g/mol. The summed E-state index contributed by atoms with van der Waals surface area (Å²) >= 11 is 0. The third-order valence-electron chi connectivity index (χ3n) is 7.83. The van der Waals surface area contributed by atoms with E-state index in [-0.39, 0.29) is 36.7 Å². The zero-order chi connectivity index (χ0) is 25.0. The first-order valence-corrected chi connectivity index (χ1v) is 12.5. The van der Waals surface area contributed by atoms with Crippen LogP contribution in [0, 0.1) is 5.41 Å². The second-order valence-electron chi connectivity index (χ2n) is 9.67. The van der Waals surface area contributed by atoms with Gasteiger partial charge in [-0.3, -0.25) is 9.59 Å². The molecule has 7 heteroatoms. The molecule has 2 amide bonds. The second kappa shape index (κ2) is 10.5. The Morgan fingerprint density at radius 1 is 1.06 bits per heavy atom. The van der Waals surface area contributed by atoms with Crippen LogP contribution in [0.15, 0.2) is 48.5 Å². The van der Waals surface area contributed by atoms with Crippen LogP contribution in [0.5, 0.6) is 0 Å². The minimum Gasteiger partial charge on any atom is -0.481 e. The first kappa shape index (κ1) is 24.8. The zero-order valence-electron chi connectivity index (χ0n) is 20.5. The van der Waals surface area contributed by atoms with Gasteiger partial charge in [0, 0.05) is 25.4 Å². The van der Waals surface area contributed by atoms with E-state index in [0.717, 1.165) is 41.5 Å². The van der Waals surface area contributed by atoms with Crippen LogP contribution in [0.3, 0.4) is 0 Å². The number of aliphatic carboxylic acids is 1. The average Bonchev–Trinajstić information content (AvgIpc) is 3.45. The van der Waals surface area contributed by atoms with E-state index in [1.807, 2.05) is 36.4 Å². The van der Waals surface area contributed by atoms with Crippen LogP contribution in [0.1, 0.15) is 63.0 Å². The van der Waals surface area contributed by atoms with Gasteiger partial charge < -0.3 is 20.1 Å². The summed E-state index contributed by atoms with van der Waals surface area (Å²) in [4.78, 5) is 39.0. The number of carboxylic acid groups (broad SMARTS) is 1. The lowest BCUT2D eigenvalue weighted by Crippen LogP contribution is -2.48. The normalized spacial score (nSPS) is 16.9. The van der Waals surface area contributed by atoms with Gasteiger partial charge >= 0.3 is 12.1 Å². The van der Waals surface area contributed by atoms with Crippen LogP contribution in [0.2, 0.25) is 0 Å². The van der Waals surface area contributed by atoms with Crippen molar-refractivity contribution in [3.63, 3.8) is 0 Å². The number of nitrogens with zero attached hydrogens (tertiary/aromatic N) is 1. The van der Waals surface area contributed by atoms with Crippen molar-refractivity contribution in [3.8, 4) is 11.1 Å². The third kappa shape index (κ3) is 5.19. The summed E-state index contributed by atoms with van der Waals surface area (Å²) in [5.41, 5.74) is 4.57. The number of amides is 2. The lowest BCUT2D eigenvalue weighted by atomic mass is 9.82. The number of fused-ring (bicyclic) bond motifs is 3. The number of ether oxygens (including phenoxy) is 1. The summed E-state index contributed by atoms with van der Waals surface area (Å²) in [7, 11) is 0. The van der Waals surface area contributed by atoms with Crippen LogP contribution in [-0.4, -0.2) is 53.7 Å². The van der Waals surface area contributed by atoms with Gasteiger partial charge in [-0.2, -0.15) is 0 Å². The quantitative estimate of drug-likeness (QED) is 0.540. The maximum Gasteiger partial charge on any atom is 0.407 e. The number of alkyl carbamates (subject to hydrolysis) is 1. The fraction of sp³-hybridized carbons (Fsp3) is 0.464. The van der Waals surface area contributed by atoms with Gasteiger partial charge in [-0.15, -0.1) is 0 Å². The summed E-state index contributed by atoms with van der Waals surface area (Å²) in [6.45, 7) is 5.66. The zero-order valence-corrected chi connectivity index (χ0v) is 20.5. The third-order valence-corrected chi connectivity index (χ3v) is 7.83. The largest absolute Gasteiger partial charge is 0.481 e. The van der Waals surface area contributed by atoms with Gasteiger partial charge in [0.15, 0.2) is 0 Å². The molecule has 1 saturated heterocycles. The van der Waals surface area contributed by atoms with Crippen molar-refractivity contribution in [1.29, 1.82) is 0 Å². The van der Waals surface area contributed by atoms with Gasteiger partial charge in [0.05, 0.1) is 0 Å². The molecule has 2 aromatic rings. The van der Waals surface area contributed by atoms with Crippen LogP contribution in [0.4, 0.5) is 4.79 Å². The number of nitrogens with one attached hydrogen (secondary N) is 1. The molecule has 1 aliphatic carbocycles. The van der Waals surface area contributed by atoms with Crippen molar-refractivity contribution < 1.29 is 24.2 Å². The Morgan fingerprint density at radius 2 is 1.66 bits per heavy atom. The van der Waals surface area contributed by atoms with E-state index in [9.17, 15) is 14.4 Å². The van der Waals surface area contributed by atoms with Gasteiger partial charge in [-0.25, -0.2) is 4.79 Å². The maximum absolute atomic E-state index is 13.3. The summed E-state index contributed by atoms with van der Waals surface area (Å²) < 4.78 is 5.60. The van der Waals surface area contributed by atoms with Crippen molar-refractivity contribution in [1.82, 2.24) is 10.2 Å². The van der Waals surface area contributed by atoms with Gasteiger partial charge in [0.25, 0.3) is 0 Å². The lowest BCUT2D eigenvalue weighted by molar-refractivity contribution is -0.138. The molecule has 0 bridgehead atoms. The fourth-order valence-corrected chi connectivity index (χ4v) is 5.48. The Labute approximate surface area is 206 Å². The molecule has 1 heterocycles. The minimum absolute atomic E-state index is 0.0279. The van der Waals surface area contributed by atoms with Crippen molar-refractivity contribution in [3.05, 3.63) is 59.7 Å². The van der Waals surface area contributed by atoms with Crippen molar-refractivity contribution in [2.75, 3.05) is 19.7 Å². The fourth-order valence-electron chi connectivity index (χ4n) is 5.48. The van der Waals surface area contributed by atoms with Crippen LogP contribution in [-0.2, 0) is 14.3 Å². The number of hydrogen-bond donors (Lipinski definition) is 2. The molecule has 1 aliphatic heterocycles. The summed E-state index contributed by atoms with van der Waals surface area (Å²) in [5.74, 6) is -1.33. The highest BCUT2D eigenvalue weighted by Crippen LogP contribution is 2.44. The first-order chi connectivity index (χ1) is 16.9. The molecule has 186 valence electrons. The van der Waals surface area contributed by atoms with Gasteiger partial charge in [0.1, 0.15) is 12.6 Å². The van der Waals surface area contributed by atoms with Crippen LogP contribution >= 0.6 is 0 Å². The number of carbonyl (C=O) groups excluding carboxylic acids is 2. The second-order valence-corrected chi connectivity index (χ2v) is 9.67. The van der Waals surface area contributed by atoms with E-state index in [2.05, 4.69) is 31.3 Å². The Hall–Kier alpha value is -3.35. The van der Waals surface area contributed by atoms with Gasteiger partial charge in [-0.1, -0.05) is 62.4 Å². The summed E-state index contributed by atoms with van der Waals surface area (Å²) in [6.07, 6.45) is 2.00. The molecule has 0 saturated carbocycles. The number of hydrogen-bond acceptors (Lipinski definition) is 4. The highest BCUT2D eigenvalue weighted by atomic mass is 16.5. The standard InChI is InChI=1S/C28H34N2O5/c1-3-28(4-2)15-16-30(18-28)26(33)24(13-14-25(31)32)29-27(34)35-17-23-21-11-7-5-9-19(21)20-10-6-8-12-22(20)23/h5-12,23-24H,3-4,13-18H2,1-2H3,(H,29,34)(H,31,32). The average molecular weight is 479 g/mol. The van der Waals surface area contributed by atoms with E-state index in [0.29, 0.717) is 13.1 Å². The topological polar surface area (TPSA) is 95.9 Å². The molecule has 35 heavy (non-hydrogen) atoms. The maximum atomic E-state index is 13.3. The molecule has 1 atom stereocenters. The molecular formula is C28H34N2O5. The molecule has 0 radical (unpaired) electrons. The van der Waals surface area contributed by atoms with E-state index in [4.69, 9.17) is 9.84 Å². The SMILES string of the molecule is CCC1(CC)CCN(C(=O)C(CCC(=O)O)NC(=O)OCC2c3ccccc3-c3ccccc32)C1. The Morgan fingerprint density at radius 3 is 2.20 bits per heavy atom. The monoisotopic (exact) mass is 478 g/mol. The van der Waals surface area contributed by atoms with Crippen molar-refractivity contribution in [2.45, 2.75) is 57.9 Å². The molecule has 0 spiro atoms. The molecule has 2 aromatic carbocycles. The van der Waals surface area contributed by atoms with Crippen LogP contribution < -0.4 is 5.32 Å². The molecule has 2 N–H and O–H groups in total. The number of benzene rings is 2. The molecule has 2 aliphatic rings. The first-order valence-electron chi connectivity index (χ1n) is 12.5. The van der Waals surface area contributed by atoms with Crippen molar-refractivity contribution in [2.24, 2.45) is 5.41 Å².